The zero-order chi connectivity index (χ0) is 16.9. The van der Waals surface area contributed by atoms with Crippen molar-refractivity contribution in [2.75, 3.05) is 19.6 Å². The summed E-state index contributed by atoms with van der Waals surface area (Å²) in [5, 5.41) is 8.13. The maximum Gasteiger partial charge on any atom is 0.121 e. The number of hydrogen-bond acceptors (Lipinski definition) is 3. The summed E-state index contributed by atoms with van der Waals surface area (Å²) < 4.78 is 6.84. The second-order valence-corrected chi connectivity index (χ2v) is 7.70. The van der Waals surface area contributed by atoms with E-state index in [1.165, 1.54) is 0 Å². The molecule has 3 rings (SSSR count). The number of hydrogen-bond donors (Lipinski definition) is 2. The van der Waals surface area contributed by atoms with Crippen LogP contribution in [0.3, 0.4) is 0 Å². The third-order valence-corrected chi connectivity index (χ3v) is 5.16. The molecule has 6 heteroatoms. The molecule has 0 amide bonds. The Balaban J connectivity index is 1.58. The maximum atomic E-state index is 6.22. The number of halogens is 3. The molecule has 0 saturated carbocycles. The van der Waals surface area contributed by atoms with E-state index in [4.69, 9.17) is 27.9 Å². The van der Waals surface area contributed by atoms with Crippen LogP contribution in [0.5, 0.6) is 5.75 Å². The van der Waals surface area contributed by atoms with Crippen LogP contribution in [0.1, 0.15) is 11.1 Å². The highest BCUT2D eigenvalue weighted by atomic mass is 79.9. The van der Waals surface area contributed by atoms with E-state index in [0.29, 0.717) is 16.7 Å². The van der Waals surface area contributed by atoms with E-state index >= 15 is 0 Å². The molecule has 0 radical (unpaired) electrons. The molecule has 0 atom stereocenters. The fourth-order valence-corrected chi connectivity index (χ4v) is 3.56. The number of nitrogens with one attached hydrogen (secondary N) is 2. The quantitative estimate of drug-likeness (QED) is 0.672. The fraction of sp³-hybridized carbons (Fsp3) is 0.333. The molecule has 24 heavy (non-hydrogen) atoms. The van der Waals surface area contributed by atoms with Crippen LogP contribution in [0.2, 0.25) is 10.0 Å². The van der Waals surface area contributed by atoms with E-state index in [2.05, 4.69) is 26.6 Å². The molecular weight excluding hydrogens is 411 g/mol. The second-order valence-electron chi connectivity index (χ2n) is 5.97. The largest absolute Gasteiger partial charge is 0.489 e. The normalized spacial score (nSPS) is 14.5. The molecule has 1 fully saturated rings. The number of ether oxygens (including phenoxy) is 1. The summed E-state index contributed by atoms with van der Waals surface area (Å²) in [5.74, 6) is 1.51. The van der Waals surface area contributed by atoms with Crippen molar-refractivity contribution in [2.24, 2.45) is 5.92 Å². The molecule has 128 valence electrons. The summed E-state index contributed by atoms with van der Waals surface area (Å²) in [6.45, 7) is 4.48. The second kappa shape index (κ2) is 8.54. The van der Waals surface area contributed by atoms with Crippen LogP contribution in [0.25, 0.3) is 0 Å². The fourth-order valence-electron chi connectivity index (χ4n) is 2.52. The Morgan fingerprint density at radius 2 is 1.96 bits per heavy atom. The molecule has 1 heterocycles. The standard InChI is InChI=1S/C18H19BrCl2N2O/c19-18-6-15(20)2-1-14(18)11-24-17-4-12(3-16(21)5-17)7-22-8-13-9-23-10-13/h1-6,13,22-23H,7-11H2. The minimum atomic E-state index is 0.457. The molecule has 0 aromatic heterocycles. The molecule has 0 aliphatic carbocycles. The summed E-state index contributed by atoms with van der Waals surface area (Å²) in [5.41, 5.74) is 2.16. The van der Waals surface area contributed by atoms with Crippen molar-refractivity contribution >= 4 is 39.1 Å². The number of benzene rings is 2. The van der Waals surface area contributed by atoms with Crippen LogP contribution in [0, 0.1) is 5.92 Å². The monoisotopic (exact) mass is 428 g/mol. The molecule has 0 spiro atoms. The molecule has 2 aromatic rings. The molecule has 3 nitrogen and oxygen atoms in total. The first-order valence-corrected chi connectivity index (χ1v) is 9.42. The molecule has 0 bridgehead atoms. The third-order valence-electron chi connectivity index (χ3n) is 3.97. The Bertz CT molecular complexity index is 707. The summed E-state index contributed by atoms with van der Waals surface area (Å²) in [6.07, 6.45) is 0. The van der Waals surface area contributed by atoms with Gasteiger partial charge in [-0.15, -0.1) is 0 Å². The van der Waals surface area contributed by atoms with Crippen LogP contribution >= 0.6 is 39.1 Å². The van der Waals surface area contributed by atoms with Gasteiger partial charge in [-0.3, -0.25) is 0 Å². The van der Waals surface area contributed by atoms with Gasteiger partial charge in [0.15, 0.2) is 0 Å². The van der Waals surface area contributed by atoms with Gasteiger partial charge >= 0.3 is 0 Å². The molecule has 2 N–H and O–H groups in total. The van der Waals surface area contributed by atoms with Gasteiger partial charge in [-0.05, 0) is 41.8 Å². The van der Waals surface area contributed by atoms with E-state index in [9.17, 15) is 0 Å². The highest BCUT2D eigenvalue weighted by molar-refractivity contribution is 9.10. The lowest BCUT2D eigenvalue weighted by Gasteiger charge is -2.27. The van der Waals surface area contributed by atoms with Gasteiger partial charge in [-0.25, -0.2) is 0 Å². The summed E-state index contributed by atoms with van der Waals surface area (Å²) in [4.78, 5) is 0. The zero-order valence-corrected chi connectivity index (χ0v) is 16.2. The van der Waals surface area contributed by atoms with Crippen molar-refractivity contribution in [1.82, 2.24) is 10.6 Å². The van der Waals surface area contributed by atoms with Crippen LogP contribution in [-0.2, 0) is 13.2 Å². The van der Waals surface area contributed by atoms with Crippen LogP contribution in [0.4, 0.5) is 0 Å². The van der Waals surface area contributed by atoms with Gasteiger partial charge in [0.1, 0.15) is 12.4 Å². The van der Waals surface area contributed by atoms with Crippen LogP contribution in [0.15, 0.2) is 40.9 Å². The topological polar surface area (TPSA) is 33.3 Å². The van der Waals surface area contributed by atoms with E-state index in [1.54, 1.807) is 0 Å². The minimum Gasteiger partial charge on any atom is -0.489 e. The summed E-state index contributed by atoms with van der Waals surface area (Å²) in [6, 6.07) is 11.5. The van der Waals surface area contributed by atoms with Crippen molar-refractivity contribution < 1.29 is 4.74 Å². The Labute approximate surface area is 160 Å². The third kappa shape index (κ3) is 5.11. The first kappa shape index (κ1) is 18.0. The molecule has 2 aromatic carbocycles. The average molecular weight is 430 g/mol. The zero-order valence-electron chi connectivity index (χ0n) is 13.1. The van der Waals surface area contributed by atoms with Gasteiger partial charge < -0.3 is 15.4 Å². The molecule has 1 saturated heterocycles. The summed E-state index contributed by atoms with van der Waals surface area (Å²) >= 11 is 15.7. The van der Waals surface area contributed by atoms with E-state index < -0.39 is 0 Å². The van der Waals surface area contributed by atoms with Crippen molar-refractivity contribution in [3.05, 3.63) is 62.0 Å². The average Bonchev–Trinajstić information content (AvgIpc) is 2.48. The van der Waals surface area contributed by atoms with Crippen molar-refractivity contribution in [3.8, 4) is 5.75 Å². The smallest absolute Gasteiger partial charge is 0.121 e. The van der Waals surface area contributed by atoms with Crippen molar-refractivity contribution in [3.63, 3.8) is 0 Å². The highest BCUT2D eigenvalue weighted by Gasteiger charge is 2.15. The van der Waals surface area contributed by atoms with E-state index in [1.807, 2.05) is 36.4 Å². The van der Waals surface area contributed by atoms with Gasteiger partial charge in [-0.2, -0.15) is 0 Å². The lowest BCUT2D eigenvalue weighted by atomic mass is 10.0. The van der Waals surface area contributed by atoms with Gasteiger partial charge in [0, 0.05) is 46.3 Å². The summed E-state index contributed by atoms with van der Waals surface area (Å²) in [7, 11) is 0. The maximum absolute atomic E-state index is 6.22. The van der Waals surface area contributed by atoms with Gasteiger partial charge in [0.25, 0.3) is 0 Å². The Morgan fingerprint density at radius 3 is 2.67 bits per heavy atom. The molecule has 1 aliphatic heterocycles. The number of rotatable bonds is 7. The van der Waals surface area contributed by atoms with E-state index in [0.717, 1.165) is 53.4 Å². The van der Waals surface area contributed by atoms with Gasteiger partial charge in [0.05, 0.1) is 0 Å². The Hall–Kier alpha value is -0.780. The molecular formula is C18H19BrCl2N2O. The lowest BCUT2D eigenvalue weighted by molar-refractivity contribution is 0.305. The first-order chi connectivity index (χ1) is 11.6. The van der Waals surface area contributed by atoms with Gasteiger partial charge in [0.2, 0.25) is 0 Å². The predicted molar refractivity (Wildman–Crippen MR) is 103 cm³/mol. The highest BCUT2D eigenvalue weighted by Crippen LogP contribution is 2.25. The predicted octanol–water partition coefficient (Wildman–Crippen LogP) is 4.64. The van der Waals surface area contributed by atoms with Crippen LogP contribution in [-0.4, -0.2) is 19.6 Å². The lowest BCUT2D eigenvalue weighted by Crippen LogP contribution is -2.47. The van der Waals surface area contributed by atoms with Crippen molar-refractivity contribution in [1.29, 1.82) is 0 Å². The first-order valence-electron chi connectivity index (χ1n) is 7.88. The Kier molecular flexibility index (Phi) is 6.42. The minimum absolute atomic E-state index is 0.457. The van der Waals surface area contributed by atoms with Crippen molar-refractivity contribution in [2.45, 2.75) is 13.2 Å². The van der Waals surface area contributed by atoms with Crippen LogP contribution < -0.4 is 15.4 Å². The molecule has 1 aliphatic rings. The molecule has 0 unspecified atom stereocenters. The van der Waals surface area contributed by atoms with E-state index in [-0.39, 0.29) is 0 Å². The Morgan fingerprint density at radius 1 is 1.12 bits per heavy atom. The SMILES string of the molecule is Clc1cc(CNCC2CNC2)cc(OCc2ccc(Cl)cc2Br)c1. The van der Waals surface area contributed by atoms with Gasteiger partial charge in [-0.1, -0.05) is 45.2 Å².